The van der Waals surface area contributed by atoms with Gasteiger partial charge >= 0.3 is 0 Å². The van der Waals surface area contributed by atoms with Gasteiger partial charge in [-0.25, -0.2) is 4.98 Å². The number of halogens is 1. The summed E-state index contributed by atoms with van der Waals surface area (Å²) in [6, 6.07) is 12.4. The molecule has 1 heterocycles. The first-order chi connectivity index (χ1) is 8.33. The fourth-order valence-corrected chi connectivity index (χ4v) is 1.94. The van der Waals surface area contributed by atoms with Crippen LogP contribution in [0.15, 0.2) is 42.6 Å². The summed E-state index contributed by atoms with van der Waals surface area (Å²) in [6.07, 6.45) is 1.84. The summed E-state index contributed by atoms with van der Waals surface area (Å²) in [5.74, 6) is 0.674. The molecule has 0 N–H and O–H groups in total. The van der Waals surface area contributed by atoms with Crippen LogP contribution < -0.4 is 4.74 Å². The topological polar surface area (TPSA) is 22.1 Å². The van der Waals surface area contributed by atoms with Crippen LogP contribution >= 0.6 is 15.9 Å². The summed E-state index contributed by atoms with van der Waals surface area (Å²) in [4.78, 5) is 4.26. The summed E-state index contributed by atoms with van der Waals surface area (Å²) >= 11 is 3.44. The highest BCUT2D eigenvalue weighted by Crippen LogP contribution is 2.21. The van der Waals surface area contributed by atoms with Gasteiger partial charge in [0.2, 0.25) is 5.88 Å². The Hall–Kier alpha value is -1.35. The van der Waals surface area contributed by atoms with Crippen molar-refractivity contribution in [3.8, 4) is 17.0 Å². The summed E-state index contributed by atoms with van der Waals surface area (Å²) in [5, 5.41) is 0.884. The molecule has 0 spiro atoms. The Balaban J connectivity index is 2.20. The van der Waals surface area contributed by atoms with E-state index in [9.17, 15) is 0 Å². The van der Waals surface area contributed by atoms with Crippen molar-refractivity contribution in [2.24, 2.45) is 0 Å². The van der Waals surface area contributed by atoms with Gasteiger partial charge in [0.25, 0.3) is 0 Å². The monoisotopic (exact) mass is 291 g/mol. The number of nitrogens with zero attached hydrogens (tertiary/aromatic N) is 1. The molecule has 0 aliphatic carbocycles. The van der Waals surface area contributed by atoms with Crippen LogP contribution in [0.2, 0.25) is 0 Å². The van der Waals surface area contributed by atoms with E-state index in [1.807, 2.05) is 25.3 Å². The van der Waals surface area contributed by atoms with Crippen LogP contribution in [0.5, 0.6) is 5.88 Å². The van der Waals surface area contributed by atoms with Crippen molar-refractivity contribution in [2.45, 2.75) is 12.3 Å². The molecule has 0 saturated heterocycles. The molecule has 0 aliphatic heterocycles. The first-order valence-electron chi connectivity index (χ1n) is 5.57. The number of aromatic nitrogens is 1. The number of alkyl halides is 1. The van der Waals surface area contributed by atoms with Gasteiger partial charge in [-0.2, -0.15) is 0 Å². The first-order valence-corrected chi connectivity index (χ1v) is 6.69. The second kappa shape index (κ2) is 5.82. The highest BCUT2D eigenvalue weighted by Gasteiger charge is 1.99. The van der Waals surface area contributed by atoms with Crippen LogP contribution in [0.4, 0.5) is 0 Å². The number of rotatable bonds is 4. The van der Waals surface area contributed by atoms with Gasteiger partial charge in [-0.15, -0.1) is 0 Å². The van der Waals surface area contributed by atoms with Gasteiger partial charge in [0.1, 0.15) is 0 Å². The summed E-state index contributed by atoms with van der Waals surface area (Å²) in [6.45, 7) is 2.60. The van der Waals surface area contributed by atoms with E-state index in [0.717, 1.165) is 10.9 Å². The summed E-state index contributed by atoms with van der Waals surface area (Å²) in [5.41, 5.74) is 3.55. The van der Waals surface area contributed by atoms with Crippen LogP contribution in [-0.2, 0) is 5.33 Å². The average molecular weight is 292 g/mol. The van der Waals surface area contributed by atoms with Crippen molar-refractivity contribution in [2.75, 3.05) is 6.61 Å². The number of benzene rings is 1. The molecule has 0 saturated carbocycles. The first kappa shape index (κ1) is 12.1. The van der Waals surface area contributed by atoms with E-state index in [1.165, 1.54) is 11.1 Å². The lowest BCUT2D eigenvalue weighted by Gasteiger charge is -2.04. The highest BCUT2D eigenvalue weighted by molar-refractivity contribution is 9.08. The van der Waals surface area contributed by atoms with Crippen LogP contribution in [-0.4, -0.2) is 11.6 Å². The molecule has 3 heteroatoms. The van der Waals surface area contributed by atoms with Crippen molar-refractivity contribution >= 4 is 15.9 Å². The SMILES string of the molecule is CCOc1ccc(-c2ccc(CBr)cc2)cn1. The van der Waals surface area contributed by atoms with Crippen molar-refractivity contribution in [1.29, 1.82) is 0 Å². The molecule has 2 nitrogen and oxygen atoms in total. The third-order valence-corrected chi connectivity index (χ3v) is 3.12. The summed E-state index contributed by atoms with van der Waals surface area (Å²) < 4.78 is 5.32. The Kier molecular flexibility index (Phi) is 4.15. The molecule has 0 amide bonds. The zero-order valence-corrected chi connectivity index (χ0v) is 11.3. The molecule has 0 aliphatic rings. The zero-order chi connectivity index (χ0) is 12.1. The molecular formula is C14H14BrNO. The van der Waals surface area contributed by atoms with E-state index in [1.54, 1.807) is 0 Å². The van der Waals surface area contributed by atoms with Crippen LogP contribution in [0.3, 0.4) is 0 Å². The molecule has 0 atom stereocenters. The van der Waals surface area contributed by atoms with E-state index in [0.29, 0.717) is 12.5 Å². The van der Waals surface area contributed by atoms with Crippen molar-refractivity contribution in [1.82, 2.24) is 4.98 Å². The molecular weight excluding hydrogens is 278 g/mol. The second-order valence-electron chi connectivity index (χ2n) is 3.65. The number of ether oxygens (including phenoxy) is 1. The number of hydrogen-bond acceptors (Lipinski definition) is 2. The predicted molar refractivity (Wildman–Crippen MR) is 73.5 cm³/mol. The van der Waals surface area contributed by atoms with E-state index in [4.69, 9.17) is 4.74 Å². The lowest BCUT2D eigenvalue weighted by molar-refractivity contribution is 0.327. The van der Waals surface area contributed by atoms with Gasteiger partial charge in [0.15, 0.2) is 0 Å². The lowest BCUT2D eigenvalue weighted by atomic mass is 10.1. The Bertz CT molecular complexity index is 465. The fraction of sp³-hybridized carbons (Fsp3) is 0.214. The third kappa shape index (κ3) is 3.07. The molecule has 0 unspecified atom stereocenters. The van der Waals surface area contributed by atoms with Crippen molar-refractivity contribution in [3.05, 3.63) is 48.2 Å². The molecule has 2 aromatic rings. The molecule has 1 aromatic heterocycles. The Morgan fingerprint density at radius 1 is 1.06 bits per heavy atom. The average Bonchev–Trinajstić information content (AvgIpc) is 2.40. The van der Waals surface area contributed by atoms with Gasteiger partial charge in [0.05, 0.1) is 6.61 Å². The Morgan fingerprint density at radius 2 is 1.76 bits per heavy atom. The molecule has 17 heavy (non-hydrogen) atoms. The van der Waals surface area contributed by atoms with E-state index in [-0.39, 0.29) is 0 Å². The molecule has 0 bridgehead atoms. The van der Waals surface area contributed by atoms with Gasteiger partial charge in [0, 0.05) is 23.2 Å². The molecule has 2 rings (SSSR count). The van der Waals surface area contributed by atoms with E-state index < -0.39 is 0 Å². The molecule has 0 radical (unpaired) electrons. The minimum atomic E-state index is 0.645. The fourth-order valence-electron chi connectivity index (χ4n) is 1.57. The van der Waals surface area contributed by atoms with Gasteiger partial charge < -0.3 is 4.74 Å². The van der Waals surface area contributed by atoms with Crippen molar-refractivity contribution in [3.63, 3.8) is 0 Å². The highest BCUT2D eigenvalue weighted by atomic mass is 79.9. The maximum Gasteiger partial charge on any atom is 0.213 e. The molecule has 88 valence electrons. The Morgan fingerprint density at radius 3 is 2.29 bits per heavy atom. The molecule has 1 aromatic carbocycles. The van der Waals surface area contributed by atoms with E-state index in [2.05, 4.69) is 45.2 Å². The predicted octanol–water partition coefficient (Wildman–Crippen LogP) is 4.04. The van der Waals surface area contributed by atoms with Gasteiger partial charge in [-0.3, -0.25) is 0 Å². The maximum absolute atomic E-state index is 5.32. The van der Waals surface area contributed by atoms with E-state index >= 15 is 0 Å². The third-order valence-electron chi connectivity index (χ3n) is 2.47. The van der Waals surface area contributed by atoms with Gasteiger partial charge in [-0.1, -0.05) is 40.2 Å². The number of pyridine rings is 1. The lowest BCUT2D eigenvalue weighted by Crippen LogP contribution is -1.93. The van der Waals surface area contributed by atoms with Gasteiger partial charge in [-0.05, 0) is 24.1 Å². The minimum absolute atomic E-state index is 0.645. The normalized spacial score (nSPS) is 10.2. The largest absolute Gasteiger partial charge is 0.478 e. The summed E-state index contributed by atoms with van der Waals surface area (Å²) in [7, 11) is 0. The van der Waals surface area contributed by atoms with Crippen molar-refractivity contribution < 1.29 is 4.74 Å². The second-order valence-corrected chi connectivity index (χ2v) is 4.21. The number of hydrogen-bond donors (Lipinski definition) is 0. The molecule has 0 fully saturated rings. The van der Waals surface area contributed by atoms with Crippen LogP contribution in [0.1, 0.15) is 12.5 Å². The minimum Gasteiger partial charge on any atom is -0.478 e. The van der Waals surface area contributed by atoms with Crippen LogP contribution in [0.25, 0.3) is 11.1 Å². The zero-order valence-electron chi connectivity index (χ0n) is 9.69. The smallest absolute Gasteiger partial charge is 0.213 e. The maximum atomic E-state index is 5.32. The quantitative estimate of drug-likeness (QED) is 0.793. The Labute approximate surface area is 110 Å². The van der Waals surface area contributed by atoms with Crippen LogP contribution in [0, 0.1) is 0 Å². The standard InChI is InChI=1S/C14H14BrNO/c1-2-17-14-8-7-13(10-16-14)12-5-3-11(9-15)4-6-12/h3-8,10H,2,9H2,1H3.